The average Bonchev–Trinajstić information content (AvgIpc) is 3.54. The van der Waals surface area contributed by atoms with Gasteiger partial charge in [0.1, 0.15) is 17.3 Å². The minimum Gasteiger partial charge on any atom is -0.507 e. The minimum absolute atomic E-state index is 0.0313. The molecule has 2 heterocycles. The zero-order chi connectivity index (χ0) is 28.9. The van der Waals surface area contributed by atoms with E-state index in [9.17, 15) is 19.1 Å². The number of thioether (sulfide) groups is 1. The first-order valence-corrected chi connectivity index (χ1v) is 14.9. The lowest BCUT2D eigenvalue weighted by atomic mass is 9.95. The van der Waals surface area contributed by atoms with Crippen molar-refractivity contribution in [3.05, 3.63) is 107 Å². The first kappa shape index (κ1) is 28.5. The van der Waals surface area contributed by atoms with Crippen molar-refractivity contribution in [2.45, 2.75) is 36.4 Å². The summed E-state index contributed by atoms with van der Waals surface area (Å²) in [6.45, 7) is 4.76. The van der Waals surface area contributed by atoms with Gasteiger partial charge in [0.05, 0.1) is 18.2 Å². The molecule has 1 atom stereocenters. The summed E-state index contributed by atoms with van der Waals surface area (Å²) in [5, 5.41) is 20.0. The highest BCUT2D eigenvalue weighted by molar-refractivity contribution is 8.00. The molecule has 7 nitrogen and oxygen atoms in total. The Kier molecular flexibility index (Phi) is 8.80. The molecular weight excluding hydrogens is 561 g/mol. The number of aromatic nitrogens is 2. The molecule has 210 valence electrons. The third kappa shape index (κ3) is 6.49. The number of halogens is 1. The van der Waals surface area contributed by atoms with Gasteiger partial charge >= 0.3 is 5.91 Å². The van der Waals surface area contributed by atoms with Crippen molar-refractivity contribution >= 4 is 45.7 Å². The minimum atomic E-state index is -0.938. The molecule has 3 aromatic carbocycles. The number of carbonyl (C=O) groups excluding carboxylic acids is 2. The molecule has 0 spiro atoms. The number of anilines is 1. The zero-order valence-electron chi connectivity index (χ0n) is 22.5. The van der Waals surface area contributed by atoms with Crippen LogP contribution in [0.3, 0.4) is 0 Å². The second-order valence-corrected chi connectivity index (χ2v) is 12.1. The van der Waals surface area contributed by atoms with E-state index in [0.717, 1.165) is 12.0 Å². The first-order chi connectivity index (χ1) is 19.8. The molecule has 5 rings (SSSR count). The van der Waals surface area contributed by atoms with Gasteiger partial charge in [-0.05, 0) is 47.7 Å². The molecule has 0 aliphatic carbocycles. The van der Waals surface area contributed by atoms with Crippen LogP contribution in [-0.2, 0) is 15.3 Å². The van der Waals surface area contributed by atoms with E-state index >= 15 is 0 Å². The number of benzene rings is 3. The molecule has 1 aromatic heterocycles. The summed E-state index contributed by atoms with van der Waals surface area (Å²) in [5.41, 5.74) is 1.90. The number of ketones is 1. The van der Waals surface area contributed by atoms with Crippen LogP contribution < -0.4 is 9.64 Å². The number of Topliss-reactive ketones (excluding diaryl/α,β-unsaturated/α-hetero) is 1. The van der Waals surface area contributed by atoms with Crippen LogP contribution >= 0.6 is 23.1 Å². The lowest BCUT2D eigenvalue weighted by Gasteiger charge is -2.23. The normalized spacial score (nSPS) is 16.5. The molecule has 1 saturated heterocycles. The monoisotopic (exact) mass is 589 g/mol. The molecule has 1 unspecified atom stereocenters. The first-order valence-electron chi connectivity index (χ1n) is 13.1. The summed E-state index contributed by atoms with van der Waals surface area (Å²) in [6, 6.07) is 21.1. The van der Waals surface area contributed by atoms with Crippen LogP contribution in [-0.4, -0.2) is 33.6 Å². The van der Waals surface area contributed by atoms with Gasteiger partial charge in [0.25, 0.3) is 5.78 Å². The fourth-order valence-corrected chi connectivity index (χ4v) is 6.19. The van der Waals surface area contributed by atoms with Gasteiger partial charge in [0, 0.05) is 11.3 Å². The summed E-state index contributed by atoms with van der Waals surface area (Å²) in [4.78, 5) is 28.2. The number of hydrogen-bond donors (Lipinski definition) is 1. The van der Waals surface area contributed by atoms with Crippen molar-refractivity contribution in [1.29, 1.82) is 0 Å². The Morgan fingerprint density at radius 3 is 2.54 bits per heavy atom. The number of ether oxygens (including phenoxy) is 1. The predicted molar refractivity (Wildman–Crippen MR) is 158 cm³/mol. The maximum Gasteiger partial charge on any atom is 0.301 e. The number of carbonyl (C=O) groups is 2. The van der Waals surface area contributed by atoms with E-state index in [1.54, 1.807) is 60.7 Å². The SMILES string of the molecule is CC(C)CCOc1cccc(C2/C(=C(\O)c3ccccc3)C(=O)C(=O)N2c2nnc(SCc3ccc(F)cc3)s2)c1. The van der Waals surface area contributed by atoms with E-state index in [0.29, 0.717) is 39.5 Å². The van der Waals surface area contributed by atoms with Gasteiger partial charge in [-0.15, -0.1) is 10.2 Å². The summed E-state index contributed by atoms with van der Waals surface area (Å²) >= 11 is 2.57. The van der Waals surface area contributed by atoms with Crippen LogP contribution in [0.4, 0.5) is 9.52 Å². The van der Waals surface area contributed by atoms with Gasteiger partial charge in [-0.3, -0.25) is 14.5 Å². The smallest absolute Gasteiger partial charge is 0.301 e. The van der Waals surface area contributed by atoms with Gasteiger partial charge in [-0.25, -0.2) is 4.39 Å². The molecular formula is C31H28FN3O4S2. The highest BCUT2D eigenvalue weighted by Crippen LogP contribution is 2.44. The summed E-state index contributed by atoms with van der Waals surface area (Å²) in [5.74, 6) is -0.580. The van der Waals surface area contributed by atoms with Gasteiger partial charge in [-0.2, -0.15) is 0 Å². The molecule has 1 aliphatic rings. The molecule has 4 aromatic rings. The van der Waals surface area contributed by atoms with Crippen molar-refractivity contribution in [2.24, 2.45) is 5.92 Å². The highest BCUT2D eigenvalue weighted by Gasteiger charge is 2.48. The lowest BCUT2D eigenvalue weighted by molar-refractivity contribution is -0.132. The fraction of sp³-hybridized carbons (Fsp3) is 0.226. The maximum atomic E-state index is 13.5. The second-order valence-electron chi connectivity index (χ2n) is 9.90. The number of aliphatic hydroxyl groups is 1. The summed E-state index contributed by atoms with van der Waals surface area (Å²) < 4.78 is 19.8. The third-order valence-corrected chi connectivity index (χ3v) is 8.63. The van der Waals surface area contributed by atoms with Crippen molar-refractivity contribution in [3.63, 3.8) is 0 Å². The Morgan fingerprint density at radius 1 is 1.05 bits per heavy atom. The summed E-state index contributed by atoms with van der Waals surface area (Å²) in [7, 11) is 0. The molecule has 1 fully saturated rings. The predicted octanol–water partition coefficient (Wildman–Crippen LogP) is 7.02. The van der Waals surface area contributed by atoms with Crippen LogP contribution in [0, 0.1) is 11.7 Å². The van der Waals surface area contributed by atoms with E-state index in [1.807, 2.05) is 6.07 Å². The Bertz CT molecular complexity index is 1570. The van der Waals surface area contributed by atoms with E-state index in [4.69, 9.17) is 4.74 Å². The van der Waals surface area contributed by atoms with Crippen LogP contribution in [0.1, 0.15) is 43.0 Å². The molecule has 41 heavy (non-hydrogen) atoms. The second kappa shape index (κ2) is 12.7. The lowest BCUT2D eigenvalue weighted by Crippen LogP contribution is -2.29. The van der Waals surface area contributed by atoms with E-state index in [2.05, 4.69) is 24.0 Å². The number of amides is 1. The van der Waals surface area contributed by atoms with Crippen LogP contribution in [0.5, 0.6) is 5.75 Å². The molecule has 10 heteroatoms. The standard InChI is InChI=1S/C31H28FN3O4S2/c1-19(2)15-16-39-24-10-6-9-22(17-24)26-25(27(36)21-7-4-3-5-8-21)28(37)29(38)35(26)30-33-34-31(41-30)40-18-20-11-13-23(32)14-12-20/h3-14,17,19,26,36H,15-16,18H2,1-2H3/b27-25+. The molecule has 1 N–H and O–H groups in total. The van der Waals surface area contributed by atoms with Crippen molar-refractivity contribution in [2.75, 3.05) is 11.5 Å². The maximum absolute atomic E-state index is 13.5. The molecule has 0 bridgehead atoms. The quantitative estimate of drug-likeness (QED) is 0.0699. The van der Waals surface area contributed by atoms with Gasteiger partial charge in [0.15, 0.2) is 4.34 Å². The fourth-order valence-electron chi connectivity index (χ4n) is 4.37. The van der Waals surface area contributed by atoms with Gasteiger partial charge < -0.3 is 9.84 Å². The number of nitrogens with zero attached hydrogens (tertiary/aromatic N) is 3. The Hall–Kier alpha value is -4.02. The number of rotatable bonds is 10. The Morgan fingerprint density at radius 2 is 1.80 bits per heavy atom. The molecule has 0 radical (unpaired) electrons. The van der Waals surface area contributed by atoms with Crippen molar-refractivity contribution < 1.29 is 23.8 Å². The van der Waals surface area contributed by atoms with Crippen LogP contribution in [0.25, 0.3) is 5.76 Å². The van der Waals surface area contributed by atoms with Crippen molar-refractivity contribution in [1.82, 2.24) is 10.2 Å². The van der Waals surface area contributed by atoms with Crippen molar-refractivity contribution in [3.8, 4) is 5.75 Å². The molecule has 1 aliphatic heterocycles. The number of hydrogen-bond acceptors (Lipinski definition) is 8. The zero-order valence-corrected chi connectivity index (χ0v) is 24.1. The third-order valence-electron chi connectivity index (χ3n) is 6.51. The summed E-state index contributed by atoms with van der Waals surface area (Å²) in [6.07, 6.45) is 0.875. The Balaban J connectivity index is 1.51. The van der Waals surface area contributed by atoms with Crippen LogP contribution in [0.15, 0.2) is 88.8 Å². The van der Waals surface area contributed by atoms with Gasteiger partial charge in [-0.1, -0.05) is 91.5 Å². The molecule has 1 amide bonds. The van der Waals surface area contributed by atoms with E-state index in [-0.39, 0.29) is 22.3 Å². The largest absolute Gasteiger partial charge is 0.507 e. The topological polar surface area (TPSA) is 92.6 Å². The Labute approximate surface area is 245 Å². The van der Waals surface area contributed by atoms with Crippen LogP contribution in [0.2, 0.25) is 0 Å². The molecule has 0 saturated carbocycles. The average molecular weight is 590 g/mol. The van der Waals surface area contributed by atoms with E-state index < -0.39 is 17.7 Å². The number of aliphatic hydroxyl groups excluding tert-OH is 1. The van der Waals surface area contributed by atoms with Gasteiger partial charge in [0.2, 0.25) is 5.13 Å². The highest BCUT2D eigenvalue weighted by atomic mass is 32.2. The van der Waals surface area contributed by atoms with E-state index in [1.165, 1.54) is 40.1 Å².